The predicted molar refractivity (Wildman–Crippen MR) is 88.2 cm³/mol. The van der Waals surface area contributed by atoms with Crippen molar-refractivity contribution in [3.8, 4) is 11.5 Å². The van der Waals surface area contributed by atoms with Crippen LogP contribution in [0.25, 0.3) is 0 Å². The van der Waals surface area contributed by atoms with E-state index in [9.17, 15) is 14.4 Å². The summed E-state index contributed by atoms with van der Waals surface area (Å²) in [6, 6.07) is 11.1. The molecule has 0 spiro atoms. The quantitative estimate of drug-likeness (QED) is 0.661. The molecule has 1 aliphatic rings. The van der Waals surface area contributed by atoms with Gasteiger partial charge in [0.15, 0.2) is 19.0 Å². The highest BCUT2D eigenvalue weighted by Crippen LogP contribution is 2.28. The highest BCUT2D eigenvalue weighted by Gasteiger charge is 2.19. The Hall–Kier alpha value is -3.35. The summed E-state index contributed by atoms with van der Waals surface area (Å²) in [4.78, 5) is 35.6. The summed E-state index contributed by atoms with van der Waals surface area (Å²) in [5.41, 5.74) is 1.02. The van der Waals surface area contributed by atoms with Crippen molar-refractivity contribution in [3.05, 3.63) is 53.6 Å². The van der Waals surface area contributed by atoms with Crippen LogP contribution in [-0.4, -0.2) is 38.0 Å². The molecule has 0 atom stereocenters. The Bertz CT molecular complexity index is 845. The monoisotopic (exact) mass is 341 g/mol. The molecule has 0 unspecified atom stereocenters. The molecule has 0 saturated heterocycles. The molecular weight excluding hydrogens is 326 g/mol. The second-order valence-electron chi connectivity index (χ2n) is 5.28. The Kier molecular flexibility index (Phi) is 4.65. The molecule has 1 heterocycles. The second kappa shape index (κ2) is 7.04. The lowest BCUT2D eigenvalue weighted by Crippen LogP contribution is -2.25. The van der Waals surface area contributed by atoms with E-state index >= 15 is 0 Å². The van der Waals surface area contributed by atoms with Crippen molar-refractivity contribution in [3.63, 3.8) is 0 Å². The molecule has 0 aromatic heterocycles. The number of ether oxygens (including phenoxy) is 3. The zero-order valence-electron chi connectivity index (χ0n) is 13.4. The number of nitrogens with one attached hydrogen (secondary N) is 1. The lowest BCUT2D eigenvalue weighted by Gasteiger charge is -2.18. The van der Waals surface area contributed by atoms with Gasteiger partial charge < -0.3 is 19.5 Å². The van der Waals surface area contributed by atoms with Crippen LogP contribution >= 0.6 is 0 Å². The third-order valence-corrected chi connectivity index (χ3v) is 3.57. The molecule has 1 amide bonds. The van der Waals surface area contributed by atoms with Crippen molar-refractivity contribution in [2.24, 2.45) is 0 Å². The molecule has 25 heavy (non-hydrogen) atoms. The van der Waals surface area contributed by atoms with Crippen molar-refractivity contribution in [2.75, 3.05) is 25.6 Å². The average Bonchev–Trinajstić information content (AvgIpc) is 2.65. The number of carbonyl (C=O) groups excluding carboxylic acids is 3. The summed E-state index contributed by atoms with van der Waals surface area (Å²) in [6.07, 6.45) is 0. The third kappa shape index (κ3) is 3.77. The molecule has 7 nitrogen and oxygen atoms in total. The van der Waals surface area contributed by atoms with Gasteiger partial charge in [-0.1, -0.05) is 6.07 Å². The van der Waals surface area contributed by atoms with Crippen LogP contribution in [0.3, 0.4) is 0 Å². The smallest absolute Gasteiger partial charge is 0.338 e. The minimum Gasteiger partial charge on any atom is -0.497 e. The summed E-state index contributed by atoms with van der Waals surface area (Å²) in [5, 5.41) is 2.62. The molecule has 0 bridgehead atoms. The maximum atomic E-state index is 12.2. The standard InChI is InChI=1S/C18H15NO6/c1-23-13-4-2-3-12(7-13)18(22)25-9-15(20)11-5-6-16-14(8-11)19-17(21)10-24-16/h2-8H,9-10H2,1H3,(H,19,21). The van der Waals surface area contributed by atoms with Gasteiger partial charge in [-0.15, -0.1) is 0 Å². The maximum absolute atomic E-state index is 12.2. The largest absolute Gasteiger partial charge is 0.497 e. The molecule has 2 aromatic rings. The van der Waals surface area contributed by atoms with Gasteiger partial charge in [0.1, 0.15) is 11.5 Å². The number of carbonyl (C=O) groups is 3. The Morgan fingerprint density at radius 2 is 2.00 bits per heavy atom. The van der Waals surface area contributed by atoms with Crippen molar-refractivity contribution >= 4 is 23.3 Å². The van der Waals surface area contributed by atoms with Crippen LogP contribution in [0.5, 0.6) is 11.5 Å². The first-order valence-electron chi connectivity index (χ1n) is 7.48. The summed E-state index contributed by atoms with van der Waals surface area (Å²) >= 11 is 0. The van der Waals surface area contributed by atoms with Gasteiger partial charge in [0.25, 0.3) is 5.91 Å². The van der Waals surface area contributed by atoms with E-state index in [1.165, 1.54) is 19.2 Å². The van der Waals surface area contributed by atoms with Crippen LogP contribution in [-0.2, 0) is 9.53 Å². The molecule has 7 heteroatoms. The van der Waals surface area contributed by atoms with Gasteiger partial charge in [-0.2, -0.15) is 0 Å². The molecule has 3 rings (SSSR count). The van der Waals surface area contributed by atoms with Crippen LogP contribution in [0.15, 0.2) is 42.5 Å². The molecule has 2 aromatic carbocycles. The Balaban J connectivity index is 1.65. The first-order valence-corrected chi connectivity index (χ1v) is 7.48. The molecule has 1 aliphatic heterocycles. The topological polar surface area (TPSA) is 90.9 Å². The normalized spacial score (nSPS) is 12.4. The molecular formula is C18H15NO6. The Morgan fingerprint density at radius 3 is 2.80 bits per heavy atom. The number of esters is 1. The fraction of sp³-hybridized carbons (Fsp3) is 0.167. The molecule has 0 aliphatic carbocycles. The molecule has 128 valence electrons. The van der Waals surface area contributed by atoms with Crippen LogP contribution in [0.4, 0.5) is 5.69 Å². The molecule has 0 radical (unpaired) electrons. The van der Waals surface area contributed by atoms with Gasteiger partial charge in [0.05, 0.1) is 18.4 Å². The molecule has 0 saturated carbocycles. The van der Waals surface area contributed by atoms with E-state index < -0.39 is 12.6 Å². The Morgan fingerprint density at radius 1 is 1.16 bits per heavy atom. The van der Waals surface area contributed by atoms with Crippen molar-refractivity contribution in [2.45, 2.75) is 0 Å². The SMILES string of the molecule is COc1cccc(C(=O)OCC(=O)c2ccc3c(c2)NC(=O)CO3)c1. The number of rotatable bonds is 5. The highest BCUT2D eigenvalue weighted by molar-refractivity contribution is 6.02. The highest BCUT2D eigenvalue weighted by atomic mass is 16.5. The van der Waals surface area contributed by atoms with Crippen LogP contribution in [0.1, 0.15) is 20.7 Å². The van der Waals surface area contributed by atoms with Crippen molar-refractivity contribution in [1.29, 1.82) is 0 Å². The summed E-state index contributed by atoms with van der Waals surface area (Å²) in [6.45, 7) is -0.470. The van der Waals surface area contributed by atoms with Gasteiger partial charge in [0.2, 0.25) is 0 Å². The second-order valence-corrected chi connectivity index (χ2v) is 5.28. The minimum atomic E-state index is -0.623. The van der Waals surface area contributed by atoms with E-state index in [1.54, 1.807) is 30.3 Å². The molecule has 0 fully saturated rings. The number of hydrogen-bond donors (Lipinski definition) is 1. The summed E-state index contributed by atoms with van der Waals surface area (Å²) in [5.74, 6) is -0.294. The van der Waals surface area contributed by atoms with Gasteiger partial charge in [-0.05, 0) is 36.4 Å². The number of fused-ring (bicyclic) bond motifs is 1. The Labute approximate surface area is 143 Å². The third-order valence-electron chi connectivity index (χ3n) is 3.57. The number of anilines is 1. The first kappa shape index (κ1) is 16.5. The van der Waals surface area contributed by atoms with E-state index in [-0.39, 0.29) is 18.3 Å². The number of methoxy groups -OCH3 is 1. The van der Waals surface area contributed by atoms with Gasteiger partial charge in [0, 0.05) is 5.56 Å². The summed E-state index contributed by atoms with van der Waals surface area (Å²) < 4.78 is 15.3. The fourth-order valence-electron chi connectivity index (χ4n) is 2.30. The zero-order valence-corrected chi connectivity index (χ0v) is 13.4. The van der Waals surface area contributed by atoms with E-state index in [2.05, 4.69) is 5.32 Å². The van der Waals surface area contributed by atoms with E-state index in [0.29, 0.717) is 28.3 Å². The van der Waals surface area contributed by atoms with Crippen LogP contribution in [0.2, 0.25) is 0 Å². The maximum Gasteiger partial charge on any atom is 0.338 e. The number of amides is 1. The number of hydrogen-bond acceptors (Lipinski definition) is 6. The summed E-state index contributed by atoms with van der Waals surface area (Å²) in [7, 11) is 1.49. The average molecular weight is 341 g/mol. The number of ketones is 1. The van der Waals surface area contributed by atoms with Crippen LogP contribution < -0.4 is 14.8 Å². The van der Waals surface area contributed by atoms with Gasteiger partial charge in [-0.25, -0.2) is 4.79 Å². The first-order chi connectivity index (χ1) is 12.1. The van der Waals surface area contributed by atoms with Crippen LogP contribution in [0, 0.1) is 0 Å². The van der Waals surface area contributed by atoms with E-state index in [1.807, 2.05) is 0 Å². The van der Waals surface area contributed by atoms with Gasteiger partial charge in [-0.3, -0.25) is 9.59 Å². The minimum absolute atomic E-state index is 0.0571. The lowest BCUT2D eigenvalue weighted by atomic mass is 10.1. The van der Waals surface area contributed by atoms with E-state index in [4.69, 9.17) is 14.2 Å². The fourth-order valence-corrected chi connectivity index (χ4v) is 2.30. The lowest BCUT2D eigenvalue weighted by molar-refractivity contribution is -0.118. The van der Waals surface area contributed by atoms with Gasteiger partial charge >= 0.3 is 5.97 Å². The zero-order chi connectivity index (χ0) is 17.8. The van der Waals surface area contributed by atoms with Crippen molar-refractivity contribution < 1.29 is 28.6 Å². The molecule has 1 N–H and O–H groups in total. The number of benzene rings is 2. The van der Waals surface area contributed by atoms with Crippen molar-refractivity contribution in [1.82, 2.24) is 0 Å². The van der Waals surface area contributed by atoms with E-state index in [0.717, 1.165) is 0 Å². The predicted octanol–water partition coefficient (Wildman–Crippen LogP) is 2.07. The number of Topliss-reactive ketones (excluding diaryl/α,β-unsaturated/α-hetero) is 1.